The lowest BCUT2D eigenvalue weighted by molar-refractivity contribution is 0.0442. The summed E-state index contributed by atoms with van der Waals surface area (Å²) in [7, 11) is 0. The van der Waals surface area contributed by atoms with Crippen LogP contribution < -0.4 is 5.32 Å². The molecule has 3 atom stereocenters. The number of furan rings is 1. The van der Waals surface area contributed by atoms with Gasteiger partial charge >= 0.3 is 0 Å². The minimum atomic E-state index is 0.299. The van der Waals surface area contributed by atoms with Crippen molar-refractivity contribution in [3.8, 4) is 0 Å². The molecule has 3 unspecified atom stereocenters. The molecule has 3 heteroatoms. The van der Waals surface area contributed by atoms with Crippen LogP contribution in [0.1, 0.15) is 45.4 Å². The maximum atomic E-state index is 5.58. The van der Waals surface area contributed by atoms with E-state index in [9.17, 15) is 0 Å². The molecule has 1 N–H and O–H groups in total. The molecule has 0 amide bonds. The van der Waals surface area contributed by atoms with Crippen LogP contribution in [-0.2, 0) is 0 Å². The third-order valence-electron chi connectivity index (χ3n) is 4.81. The van der Waals surface area contributed by atoms with Crippen molar-refractivity contribution >= 4 is 0 Å². The van der Waals surface area contributed by atoms with Crippen molar-refractivity contribution in [1.82, 2.24) is 10.2 Å². The molecule has 1 aliphatic heterocycles. The Hall–Kier alpha value is -0.800. The Balaban J connectivity index is 1.77. The molecule has 0 spiro atoms. The van der Waals surface area contributed by atoms with Gasteiger partial charge < -0.3 is 9.73 Å². The second-order valence-electron chi connectivity index (χ2n) is 6.29. The predicted octanol–water partition coefficient (Wildman–Crippen LogP) is 2.80. The van der Waals surface area contributed by atoms with E-state index in [1.165, 1.54) is 12.8 Å². The third kappa shape index (κ3) is 2.10. The zero-order chi connectivity index (χ0) is 12.8. The minimum absolute atomic E-state index is 0.299. The largest absolute Gasteiger partial charge is 0.468 e. The highest BCUT2D eigenvalue weighted by molar-refractivity contribution is 5.09. The van der Waals surface area contributed by atoms with Crippen molar-refractivity contribution in [1.29, 1.82) is 0 Å². The van der Waals surface area contributed by atoms with Gasteiger partial charge in [-0.05, 0) is 51.7 Å². The molecule has 0 radical (unpaired) electrons. The van der Waals surface area contributed by atoms with Crippen LogP contribution in [0.2, 0.25) is 0 Å². The number of nitrogens with one attached hydrogen (secondary N) is 1. The molecule has 3 rings (SSSR count). The Morgan fingerprint density at radius 2 is 2.28 bits per heavy atom. The van der Waals surface area contributed by atoms with Crippen molar-refractivity contribution in [3.63, 3.8) is 0 Å². The molecule has 0 bridgehead atoms. The second kappa shape index (κ2) is 4.39. The smallest absolute Gasteiger partial charge is 0.120 e. The average molecular weight is 248 g/mol. The van der Waals surface area contributed by atoms with Crippen LogP contribution in [0.5, 0.6) is 0 Å². The van der Waals surface area contributed by atoms with Gasteiger partial charge in [-0.1, -0.05) is 0 Å². The lowest BCUT2D eigenvalue weighted by atomic mass is 9.90. The first kappa shape index (κ1) is 12.2. The molecule has 1 aromatic heterocycles. The standard InChI is InChI=1S/C15H24N2O/c1-11-9-16-15(3,13-6-7-13)10-17(11)12(2)14-5-4-8-18-14/h4-5,8,11-13,16H,6-7,9-10H2,1-3H3. The summed E-state index contributed by atoms with van der Waals surface area (Å²) < 4.78 is 5.58. The molecule has 2 fully saturated rings. The van der Waals surface area contributed by atoms with Crippen LogP contribution in [0.3, 0.4) is 0 Å². The molecule has 1 saturated heterocycles. The fourth-order valence-corrected chi connectivity index (χ4v) is 3.29. The summed E-state index contributed by atoms with van der Waals surface area (Å²) in [4.78, 5) is 2.59. The Bertz CT molecular complexity index is 399. The lowest BCUT2D eigenvalue weighted by Crippen LogP contribution is -2.63. The average Bonchev–Trinajstić information content (AvgIpc) is 3.09. The van der Waals surface area contributed by atoms with Gasteiger partial charge in [0.25, 0.3) is 0 Å². The quantitative estimate of drug-likeness (QED) is 0.891. The number of piperazine rings is 1. The molecule has 2 heterocycles. The van der Waals surface area contributed by atoms with E-state index in [4.69, 9.17) is 4.42 Å². The maximum Gasteiger partial charge on any atom is 0.120 e. The molecule has 1 saturated carbocycles. The van der Waals surface area contributed by atoms with Crippen LogP contribution in [0.25, 0.3) is 0 Å². The van der Waals surface area contributed by atoms with E-state index in [2.05, 4.69) is 37.1 Å². The zero-order valence-corrected chi connectivity index (χ0v) is 11.6. The first-order valence-corrected chi connectivity index (χ1v) is 7.14. The van der Waals surface area contributed by atoms with E-state index in [-0.39, 0.29) is 0 Å². The number of rotatable bonds is 3. The monoisotopic (exact) mass is 248 g/mol. The number of hydrogen-bond acceptors (Lipinski definition) is 3. The Morgan fingerprint density at radius 3 is 2.89 bits per heavy atom. The van der Waals surface area contributed by atoms with Gasteiger partial charge in [0.05, 0.1) is 12.3 Å². The molecule has 0 aromatic carbocycles. The highest BCUT2D eigenvalue weighted by Crippen LogP contribution is 2.42. The van der Waals surface area contributed by atoms with Crippen molar-refractivity contribution in [2.45, 2.75) is 51.2 Å². The van der Waals surface area contributed by atoms with Crippen molar-refractivity contribution in [2.75, 3.05) is 13.1 Å². The van der Waals surface area contributed by atoms with Crippen LogP contribution in [0.15, 0.2) is 22.8 Å². The fraction of sp³-hybridized carbons (Fsp3) is 0.733. The molecule has 18 heavy (non-hydrogen) atoms. The van der Waals surface area contributed by atoms with Gasteiger partial charge in [-0.25, -0.2) is 0 Å². The van der Waals surface area contributed by atoms with Crippen LogP contribution in [-0.4, -0.2) is 29.6 Å². The van der Waals surface area contributed by atoms with E-state index in [0.29, 0.717) is 17.6 Å². The summed E-state index contributed by atoms with van der Waals surface area (Å²) in [6, 6.07) is 5.01. The van der Waals surface area contributed by atoms with E-state index in [1.54, 1.807) is 6.26 Å². The minimum Gasteiger partial charge on any atom is -0.468 e. The normalized spacial score (nSPS) is 35.6. The summed E-state index contributed by atoms with van der Waals surface area (Å²) in [6.07, 6.45) is 4.56. The molecule has 1 aliphatic carbocycles. The molecule has 100 valence electrons. The highest BCUT2D eigenvalue weighted by Gasteiger charge is 2.46. The van der Waals surface area contributed by atoms with Gasteiger partial charge in [0, 0.05) is 24.7 Å². The van der Waals surface area contributed by atoms with Crippen LogP contribution in [0, 0.1) is 5.92 Å². The van der Waals surface area contributed by atoms with E-state index >= 15 is 0 Å². The zero-order valence-electron chi connectivity index (χ0n) is 11.6. The molecule has 2 aliphatic rings. The van der Waals surface area contributed by atoms with Gasteiger partial charge in [-0.15, -0.1) is 0 Å². The van der Waals surface area contributed by atoms with Crippen molar-refractivity contribution in [2.24, 2.45) is 5.92 Å². The Labute approximate surface area is 110 Å². The second-order valence-corrected chi connectivity index (χ2v) is 6.29. The van der Waals surface area contributed by atoms with Crippen LogP contribution >= 0.6 is 0 Å². The van der Waals surface area contributed by atoms with E-state index in [1.807, 2.05) is 6.07 Å². The summed E-state index contributed by atoms with van der Waals surface area (Å²) in [6.45, 7) is 9.16. The summed E-state index contributed by atoms with van der Waals surface area (Å²) in [5, 5.41) is 3.77. The molecular weight excluding hydrogens is 224 g/mol. The fourth-order valence-electron chi connectivity index (χ4n) is 3.29. The summed E-state index contributed by atoms with van der Waals surface area (Å²) in [5.74, 6) is 1.96. The van der Waals surface area contributed by atoms with Gasteiger partial charge in [-0.2, -0.15) is 0 Å². The maximum absolute atomic E-state index is 5.58. The van der Waals surface area contributed by atoms with Gasteiger partial charge in [0.2, 0.25) is 0 Å². The molecule has 1 aromatic rings. The molecular formula is C15H24N2O. The van der Waals surface area contributed by atoms with Gasteiger partial charge in [0.15, 0.2) is 0 Å². The van der Waals surface area contributed by atoms with Gasteiger partial charge in [0.1, 0.15) is 5.76 Å². The third-order valence-corrected chi connectivity index (χ3v) is 4.81. The topological polar surface area (TPSA) is 28.4 Å². The van der Waals surface area contributed by atoms with E-state index in [0.717, 1.165) is 24.8 Å². The first-order chi connectivity index (χ1) is 8.60. The van der Waals surface area contributed by atoms with Crippen molar-refractivity contribution in [3.05, 3.63) is 24.2 Å². The Morgan fingerprint density at radius 1 is 1.50 bits per heavy atom. The van der Waals surface area contributed by atoms with Crippen LogP contribution in [0.4, 0.5) is 0 Å². The predicted molar refractivity (Wildman–Crippen MR) is 72.4 cm³/mol. The SMILES string of the molecule is CC1CNC(C)(C2CC2)CN1C(C)c1ccco1. The summed E-state index contributed by atoms with van der Waals surface area (Å²) >= 11 is 0. The highest BCUT2D eigenvalue weighted by atomic mass is 16.3. The van der Waals surface area contributed by atoms with Gasteiger partial charge in [-0.3, -0.25) is 4.90 Å². The lowest BCUT2D eigenvalue weighted by Gasteiger charge is -2.47. The van der Waals surface area contributed by atoms with E-state index < -0.39 is 0 Å². The number of nitrogens with zero attached hydrogens (tertiary/aromatic N) is 1. The first-order valence-electron chi connectivity index (χ1n) is 7.14. The number of hydrogen-bond donors (Lipinski definition) is 1. The molecule has 3 nitrogen and oxygen atoms in total. The van der Waals surface area contributed by atoms with Crippen molar-refractivity contribution < 1.29 is 4.42 Å². The Kier molecular flexibility index (Phi) is 2.99. The summed E-state index contributed by atoms with van der Waals surface area (Å²) in [5.41, 5.74) is 0.299.